The van der Waals surface area contributed by atoms with Gasteiger partial charge in [0.05, 0.1) is 30.5 Å². The first kappa shape index (κ1) is 19.2. The van der Waals surface area contributed by atoms with Gasteiger partial charge in [-0.1, -0.05) is 18.0 Å². The first-order valence-electron chi connectivity index (χ1n) is 9.87. The van der Waals surface area contributed by atoms with E-state index in [2.05, 4.69) is 10.2 Å². The second-order valence-electron chi connectivity index (χ2n) is 7.17. The normalized spacial score (nSPS) is 18.3. The number of hydrogen-bond acceptors (Lipinski definition) is 5. The molecule has 1 unspecified atom stereocenters. The molecule has 0 spiro atoms. The molecule has 0 saturated carbocycles. The highest BCUT2D eigenvalue weighted by molar-refractivity contribution is 6.32. The lowest BCUT2D eigenvalue weighted by atomic mass is 10.1. The van der Waals surface area contributed by atoms with E-state index in [4.69, 9.17) is 25.5 Å². The number of amides is 1. The molecule has 2 aliphatic rings. The third-order valence-electron chi connectivity index (χ3n) is 5.22. The summed E-state index contributed by atoms with van der Waals surface area (Å²) in [5.74, 6) is 1.72. The monoisotopic (exact) mass is 404 g/mol. The van der Waals surface area contributed by atoms with Crippen LogP contribution in [0, 0.1) is 0 Å². The number of rotatable bonds is 5. The largest absolute Gasteiger partial charge is 0.489 e. The van der Waals surface area contributed by atoms with Crippen LogP contribution in [0.4, 0.5) is 0 Å². The molecule has 0 aliphatic carbocycles. The van der Waals surface area contributed by atoms with E-state index in [1.165, 1.54) is 19.3 Å². The van der Waals surface area contributed by atoms with E-state index in [9.17, 15) is 4.79 Å². The highest BCUT2D eigenvalue weighted by Crippen LogP contribution is 2.38. The van der Waals surface area contributed by atoms with Gasteiger partial charge < -0.3 is 19.2 Å². The number of nitrogens with one attached hydrogen (secondary N) is 1. The van der Waals surface area contributed by atoms with E-state index in [0.29, 0.717) is 41.8 Å². The third kappa shape index (κ3) is 4.28. The van der Waals surface area contributed by atoms with Crippen LogP contribution in [0.25, 0.3) is 0 Å². The van der Waals surface area contributed by atoms with Crippen LogP contribution in [0.5, 0.6) is 11.5 Å². The van der Waals surface area contributed by atoms with Gasteiger partial charge in [-0.3, -0.25) is 9.69 Å². The van der Waals surface area contributed by atoms with E-state index in [1.807, 2.05) is 12.1 Å². The Kier molecular flexibility index (Phi) is 6.07. The van der Waals surface area contributed by atoms with Gasteiger partial charge in [-0.15, -0.1) is 0 Å². The molecule has 2 aromatic rings. The second kappa shape index (κ2) is 8.88. The molecule has 1 fully saturated rings. The molecule has 28 heavy (non-hydrogen) atoms. The van der Waals surface area contributed by atoms with Gasteiger partial charge in [0.25, 0.3) is 5.91 Å². The fourth-order valence-electron chi connectivity index (χ4n) is 3.77. The zero-order valence-corrected chi connectivity index (χ0v) is 16.5. The van der Waals surface area contributed by atoms with Gasteiger partial charge in [0.1, 0.15) is 5.76 Å². The van der Waals surface area contributed by atoms with Crippen LogP contribution in [0.1, 0.15) is 47.8 Å². The first-order chi connectivity index (χ1) is 13.7. The molecule has 3 heterocycles. The smallest absolute Gasteiger partial charge is 0.251 e. The SMILES string of the molecule is O=C(NCC(c1ccco1)N1CCCCC1)c1cc(Cl)c2c(c1)OCCCO2. The maximum Gasteiger partial charge on any atom is 0.251 e. The fourth-order valence-corrected chi connectivity index (χ4v) is 4.04. The maximum absolute atomic E-state index is 12.8. The summed E-state index contributed by atoms with van der Waals surface area (Å²) in [5.41, 5.74) is 0.464. The standard InChI is InChI=1S/C21H25ClN2O4/c22-16-12-15(13-19-20(16)28-11-5-10-27-19)21(25)23-14-17(18-6-4-9-26-18)24-7-2-1-3-8-24/h4,6,9,12-13,17H,1-3,5,7-8,10-11,14H2,(H,23,25). The zero-order chi connectivity index (χ0) is 19.3. The Balaban J connectivity index is 1.48. The van der Waals surface area contributed by atoms with Gasteiger partial charge in [-0.25, -0.2) is 0 Å². The molecule has 0 radical (unpaired) electrons. The van der Waals surface area contributed by atoms with Gasteiger partial charge in [-0.2, -0.15) is 0 Å². The van der Waals surface area contributed by atoms with Crippen molar-refractivity contribution in [2.24, 2.45) is 0 Å². The van der Waals surface area contributed by atoms with Gasteiger partial charge in [0, 0.05) is 18.5 Å². The number of carbonyl (C=O) groups excluding carboxylic acids is 1. The summed E-state index contributed by atoms with van der Waals surface area (Å²) in [5, 5.41) is 3.43. The highest BCUT2D eigenvalue weighted by atomic mass is 35.5. The molecule has 2 aliphatic heterocycles. The van der Waals surface area contributed by atoms with E-state index in [-0.39, 0.29) is 11.9 Å². The van der Waals surface area contributed by atoms with Crippen LogP contribution >= 0.6 is 11.6 Å². The predicted molar refractivity (Wildman–Crippen MR) is 106 cm³/mol. The fraction of sp³-hybridized carbons (Fsp3) is 0.476. The Bertz CT molecular complexity index is 803. The quantitative estimate of drug-likeness (QED) is 0.814. The van der Waals surface area contributed by atoms with E-state index in [0.717, 1.165) is 25.3 Å². The Morgan fingerprint density at radius 2 is 1.96 bits per heavy atom. The molecule has 1 N–H and O–H groups in total. The summed E-state index contributed by atoms with van der Waals surface area (Å²) >= 11 is 6.32. The van der Waals surface area contributed by atoms with Gasteiger partial charge in [0.15, 0.2) is 11.5 Å². The van der Waals surface area contributed by atoms with Crippen molar-refractivity contribution in [2.45, 2.75) is 31.7 Å². The van der Waals surface area contributed by atoms with Crippen molar-refractivity contribution in [2.75, 3.05) is 32.8 Å². The average Bonchev–Trinajstić information content (AvgIpc) is 3.13. The van der Waals surface area contributed by atoms with Crippen LogP contribution in [0.15, 0.2) is 34.9 Å². The summed E-state index contributed by atoms with van der Waals surface area (Å²) in [6.45, 7) is 3.59. The summed E-state index contributed by atoms with van der Waals surface area (Å²) in [7, 11) is 0. The van der Waals surface area contributed by atoms with Crippen molar-refractivity contribution >= 4 is 17.5 Å². The molecule has 1 aromatic carbocycles. The molecule has 1 aromatic heterocycles. The lowest BCUT2D eigenvalue weighted by molar-refractivity contribution is 0.0913. The van der Waals surface area contributed by atoms with Crippen molar-refractivity contribution in [1.29, 1.82) is 0 Å². The molecule has 4 rings (SSSR count). The van der Waals surface area contributed by atoms with Gasteiger partial charge >= 0.3 is 0 Å². The summed E-state index contributed by atoms with van der Waals surface area (Å²) < 4.78 is 17.0. The number of likely N-dealkylation sites (tertiary alicyclic amines) is 1. The molecule has 1 atom stereocenters. The molecule has 1 amide bonds. The minimum absolute atomic E-state index is 0.0233. The number of hydrogen-bond donors (Lipinski definition) is 1. The Labute approximate surface area is 169 Å². The van der Waals surface area contributed by atoms with Crippen molar-refractivity contribution in [3.63, 3.8) is 0 Å². The Hall–Kier alpha value is -2.18. The summed E-state index contributed by atoms with van der Waals surface area (Å²) in [6.07, 6.45) is 6.06. The van der Waals surface area contributed by atoms with Gasteiger partial charge in [-0.05, 0) is 50.2 Å². The molecular formula is C21H25ClN2O4. The topological polar surface area (TPSA) is 63.9 Å². The first-order valence-corrected chi connectivity index (χ1v) is 10.2. The molecular weight excluding hydrogens is 380 g/mol. The van der Waals surface area contributed by atoms with Crippen LogP contribution in [0.3, 0.4) is 0 Å². The number of nitrogens with zero attached hydrogens (tertiary/aromatic N) is 1. The number of ether oxygens (including phenoxy) is 2. The lowest BCUT2D eigenvalue weighted by Crippen LogP contribution is -2.40. The maximum atomic E-state index is 12.8. The number of halogens is 1. The average molecular weight is 405 g/mol. The van der Waals surface area contributed by atoms with Crippen LogP contribution in [0.2, 0.25) is 5.02 Å². The Morgan fingerprint density at radius 1 is 1.14 bits per heavy atom. The van der Waals surface area contributed by atoms with Crippen molar-refractivity contribution in [3.05, 3.63) is 46.9 Å². The van der Waals surface area contributed by atoms with Crippen molar-refractivity contribution in [1.82, 2.24) is 10.2 Å². The molecule has 7 heteroatoms. The van der Waals surface area contributed by atoms with Crippen LogP contribution in [-0.2, 0) is 0 Å². The minimum Gasteiger partial charge on any atom is -0.489 e. The summed E-state index contributed by atoms with van der Waals surface area (Å²) in [4.78, 5) is 15.2. The van der Waals surface area contributed by atoms with E-state index >= 15 is 0 Å². The molecule has 0 bridgehead atoms. The number of carbonyl (C=O) groups is 1. The lowest BCUT2D eigenvalue weighted by Gasteiger charge is -2.33. The molecule has 6 nitrogen and oxygen atoms in total. The number of fused-ring (bicyclic) bond motifs is 1. The zero-order valence-electron chi connectivity index (χ0n) is 15.8. The minimum atomic E-state index is -0.189. The second-order valence-corrected chi connectivity index (χ2v) is 7.58. The number of piperidine rings is 1. The molecule has 150 valence electrons. The number of furan rings is 1. The number of benzene rings is 1. The van der Waals surface area contributed by atoms with E-state index < -0.39 is 0 Å². The predicted octanol–water partition coefficient (Wildman–Crippen LogP) is 4.05. The van der Waals surface area contributed by atoms with Crippen molar-refractivity contribution < 1.29 is 18.7 Å². The van der Waals surface area contributed by atoms with Crippen molar-refractivity contribution in [3.8, 4) is 11.5 Å². The van der Waals surface area contributed by atoms with E-state index in [1.54, 1.807) is 18.4 Å². The Morgan fingerprint density at radius 3 is 2.75 bits per heavy atom. The third-order valence-corrected chi connectivity index (χ3v) is 5.50. The van der Waals surface area contributed by atoms with Crippen LogP contribution < -0.4 is 14.8 Å². The highest BCUT2D eigenvalue weighted by Gasteiger charge is 2.25. The summed E-state index contributed by atoms with van der Waals surface area (Å²) in [6, 6.07) is 7.21. The van der Waals surface area contributed by atoms with Crippen LogP contribution in [-0.4, -0.2) is 43.7 Å². The van der Waals surface area contributed by atoms with Gasteiger partial charge in [0.2, 0.25) is 0 Å². The molecule has 1 saturated heterocycles.